The average molecular weight is 628 g/mol. The molecule has 1 heteroatoms. The zero-order valence-corrected chi connectivity index (χ0v) is 28.1. The van der Waals surface area contributed by atoms with Gasteiger partial charge in [0.05, 0.1) is 11.0 Å². The second-order valence-electron chi connectivity index (χ2n) is 14.9. The summed E-state index contributed by atoms with van der Waals surface area (Å²) in [6.45, 7) is 7.01. The SMILES string of the molecule is CC(C)(C)c1cccc2c3ccccc3n(-c3cc(C4c5ccccc5-c5ccccc54)cc(C4c5ccccc5-c5ccccc54)c3)c12. The Morgan fingerprint density at radius 1 is 0.429 bits per heavy atom. The highest BCUT2D eigenvalue weighted by atomic mass is 15.0. The molecule has 0 spiro atoms. The van der Waals surface area contributed by atoms with Crippen molar-refractivity contribution in [3.8, 4) is 27.9 Å². The van der Waals surface area contributed by atoms with E-state index in [4.69, 9.17) is 0 Å². The number of nitrogens with zero attached hydrogens (tertiary/aromatic N) is 1. The van der Waals surface area contributed by atoms with Crippen LogP contribution in [0, 0.1) is 0 Å². The largest absolute Gasteiger partial charge is 0.309 e. The maximum atomic E-state index is 2.57. The molecule has 234 valence electrons. The van der Waals surface area contributed by atoms with Gasteiger partial charge in [0.1, 0.15) is 0 Å². The Morgan fingerprint density at radius 2 is 0.857 bits per heavy atom. The van der Waals surface area contributed by atoms with Crippen LogP contribution in [0.4, 0.5) is 0 Å². The zero-order valence-electron chi connectivity index (χ0n) is 28.1. The Balaban J connectivity index is 1.32. The van der Waals surface area contributed by atoms with Crippen LogP contribution in [0.25, 0.3) is 49.7 Å². The van der Waals surface area contributed by atoms with E-state index in [1.165, 1.54) is 88.7 Å². The number of para-hydroxylation sites is 2. The minimum absolute atomic E-state index is 0.0290. The standard InChI is InChI=1S/C48H37N/c1-48(2,3)43-25-14-24-42-37-19-12-13-26-44(37)49(47(42)43)32-28-30(45-38-20-8-4-15-33(38)34-16-5-9-21-39(34)45)27-31(29-32)46-40-22-10-6-17-35(40)36-18-7-11-23-41(36)46/h4-29,45-46H,1-3H3. The normalized spacial score (nSPS) is 13.9. The first-order chi connectivity index (χ1) is 24.0. The molecule has 1 heterocycles. The van der Waals surface area contributed by atoms with Gasteiger partial charge in [0.2, 0.25) is 0 Å². The van der Waals surface area contributed by atoms with Gasteiger partial charge in [-0.05, 0) is 84.8 Å². The van der Waals surface area contributed by atoms with Gasteiger partial charge in [-0.15, -0.1) is 0 Å². The number of aromatic nitrogens is 1. The van der Waals surface area contributed by atoms with E-state index >= 15 is 0 Å². The summed E-state index contributed by atoms with van der Waals surface area (Å²) < 4.78 is 2.57. The van der Waals surface area contributed by atoms with Crippen molar-refractivity contribution in [1.29, 1.82) is 0 Å². The molecule has 10 rings (SSSR count). The van der Waals surface area contributed by atoms with E-state index in [0.717, 1.165) is 0 Å². The lowest BCUT2D eigenvalue weighted by atomic mass is 9.83. The Bertz CT molecular complexity index is 2400. The van der Waals surface area contributed by atoms with E-state index in [1.807, 2.05) is 0 Å². The summed E-state index contributed by atoms with van der Waals surface area (Å²) >= 11 is 0. The molecule has 7 aromatic carbocycles. The van der Waals surface area contributed by atoms with Crippen LogP contribution >= 0.6 is 0 Å². The van der Waals surface area contributed by atoms with E-state index in [2.05, 4.69) is 183 Å². The lowest BCUT2D eigenvalue weighted by Gasteiger charge is -2.24. The monoisotopic (exact) mass is 627 g/mol. The molecule has 0 bridgehead atoms. The summed E-state index contributed by atoms with van der Waals surface area (Å²) in [6.07, 6.45) is 0. The van der Waals surface area contributed by atoms with Gasteiger partial charge in [0.15, 0.2) is 0 Å². The summed E-state index contributed by atoms with van der Waals surface area (Å²) in [5.74, 6) is 0.293. The predicted octanol–water partition coefficient (Wildman–Crippen LogP) is 12.4. The van der Waals surface area contributed by atoms with Crippen LogP contribution in [0.15, 0.2) is 158 Å². The van der Waals surface area contributed by atoms with Gasteiger partial charge in [-0.25, -0.2) is 0 Å². The molecule has 1 aromatic heterocycles. The minimum Gasteiger partial charge on any atom is -0.309 e. The maximum absolute atomic E-state index is 2.57. The fourth-order valence-electron chi connectivity index (χ4n) is 9.04. The van der Waals surface area contributed by atoms with Crippen molar-refractivity contribution in [2.45, 2.75) is 38.0 Å². The number of benzene rings is 7. The molecule has 0 amide bonds. The Kier molecular flexibility index (Phi) is 6.03. The fraction of sp³-hybridized carbons (Fsp3) is 0.125. The van der Waals surface area contributed by atoms with Crippen molar-refractivity contribution in [1.82, 2.24) is 4.57 Å². The Labute approximate surface area is 288 Å². The van der Waals surface area contributed by atoms with Gasteiger partial charge in [-0.3, -0.25) is 0 Å². The lowest BCUT2D eigenvalue weighted by molar-refractivity contribution is 0.594. The van der Waals surface area contributed by atoms with Gasteiger partial charge in [-0.2, -0.15) is 0 Å². The minimum atomic E-state index is -0.0290. The highest BCUT2D eigenvalue weighted by Crippen LogP contribution is 2.52. The van der Waals surface area contributed by atoms with Crippen LogP contribution in [0.1, 0.15) is 71.6 Å². The van der Waals surface area contributed by atoms with Crippen molar-refractivity contribution < 1.29 is 0 Å². The molecule has 0 atom stereocenters. The van der Waals surface area contributed by atoms with Crippen LogP contribution < -0.4 is 0 Å². The van der Waals surface area contributed by atoms with E-state index in [9.17, 15) is 0 Å². The second-order valence-corrected chi connectivity index (χ2v) is 14.9. The maximum Gasteiger partial charge on any atom is 0.0578 e. The topological polar surface area (TPSA) is 4.93 Å². The van der Waals surface area contributed by atoms with Gasteiger partial charge in [-0.1, -0.05) is 160 Å². The van der Waals surface area contributed by atoms with Crippen LogP contribution in [0.2, 0.25) is 0 Å². The molecule has 0 aliphatic heterocycles. The first-order valence-corrected chi connectivity index (χ1v) is 17.5. The molecular formula is C48H37N. The van der Waals surface area contributed by atoms with Crippen LogP contribution in [0.5, 0.6) is 0 Å². The Morgan fingerprint density at radius 3 is 1.35 bits per heavy atom. The van der Waals surface area contributed by atoms with Crippen molar-refractivity contribution in [2.75, 3.05) is 0 Å². The summed E-state index contributed by atoms with van der Waals surface area (Å²) in [7, 11) is 0. The second kappa shape index (κ2) is 10.4. The van der Waals surface area contributed by atoms with Crippen molar-refractivity contribution in [3.05, 3.63) is 197 Å². The number of fused-ring (bicyclic) bond motifs is 9. The molecule has 0 fully saturated rings. The fourth-order valence-corrected chi connectivity index (χ4v) is 9.04. The zero-order chi connectivity index (χ0) is 32.9. The summed E-state index contributed by atoms with van der Waals surface area (Å²) in [5, 5.41) is 2.60. The van der Waals surface area contributed by atoms with Crippen LogP contribution in [-0.4, -0.2) is 4.57 Å². The van der Waals surface area contributed by atoms with Gasteiger partial charge in [0, 0.05) is 28.3 Å². The average Bonchev–Trinajstić information content (AvgIpc) is 3.77. The van der Waals surface area contributed by atoms with Crippen molar-refractivity contribution in [3.63, 3.8) is 0 Å². The molecular weight excluding hydrogens is 591 g/mol. The van der Waals surface area contributed by atoms with Gasteiger partial charge >= 0.3 is 0 Å². The van der Waals surface area contributed by atoms with Crippen LogP contribution in [-0.2, 0) is 5.41 Å². The predicted molar refractivity (Wildman–Crippen MR) is 205 cm³/mol. The third-order valence-corrected chi connectivity index (χ3v) is 11.1. The smallest absolute Gasteiger partial charge is 0.0578 e. The number of hydrogen-bond acceptors (Lipinski definition) is 0. The molecule has 0 radical (unpaired) electrons. The van der Waals surface area contributed by atoms with Gasteiger partial charge < -0.3 is 4.57 Å². The molecule has 2 aliphatic carbocycles. The number of rotatable bonds is 3. The molecule has 0 unspecified atom stereocenters. The molecule has 8 aromatic rings. The third-order valence-electron chi connectivity index (χ3n) is 11.1. The van der Waals surface area contributed by atoms with E-state index in [-0.39, 0.29) is 17.3 Å². The summed E-state index contributed by atoms with van der Waals surface area (Å²) in [4.78, 5) is 0. The van der Waals surface area contributed by atoms with E-state index < -0.39 is 0 Å². The Hall–Kier alpha value is -5.66. The molecule has 1 nitrogen and oxygen atoms in total. The molecule has 2 aliphatic rings. The highest BCUT2D eigenvalue weighted by molar-refractivity contribution is 6.10. The molecule has 0 N–H and O–H groups in total. The summed E-state index contributed by atoms with van der Waals surface area (Å²) in [5.41, 5.74) is 18.7. The summed E-state index contributed by atoms with van der Waals surface area (Å²) in [6, 6.07) is 59.4. The van der Waals surface area contributed by atoms with Crippen molar-refractivity contribution >= 4 is 21.8 Å². The quantitative estimate of drug-likeness (QED) is 0.184. The molecule has 0 saturated heterocycles. The van der Waals surface area contributed by atoms with E-state index in [0.29, 0.717) is 0 Å². The van der Waals surface area contributed by atoms with Crippen molar-refractivity contribution in [2.24, 2.45) is 0 Å². The van der Waals surface area contributed by atoms with Crippen LogP contribution in [0.3, 0.4) is 0 Å². The van der Waals surface area contributed by atoms with Gasteiger partial charge in [0.25, 0.3) is 0 Å². The number of hydrogen-bond donors (Lipinski definition) is 0. The first-order valence-electron chi connectivity index (χ1n) is 17.5. The lowest BCUT2D eigenvalue weighted by Crippen LogP contribution is -2.13. The highest BCUT2D eigenvalue weighted by Gasteiger charge is 2.34. The third kappa shape index (κ3) is 4.12. The molecule has 0 saturated carbocycles. The van der Waals surface area contributed by atoms with E-state index in [1.54, 1.807) is 0 Å². The molecule has 49 heavy (non-hydrogen) atoms. The first kappa shape index (κ1) is 28.4.